The lowest BCUT2D eigenvalue weighted by molar-refractivity contribution is -0.123. The van der Waals surface area contributed by atoms with Crippen LogP contribution in [0.5, 0.6) is 0 Å². The molecule has 2 N–H and O–H groups in total. The molecule has 22 heavy (non-hydrogen) atoms. The number of urea groups is 1. The maximum atomic E-state index is 11.7. The second kappa shape index (κ2) is 9.83. The van der Waals surface area contributed by atoms with Crippen molar-refractivity contribution in [1.82, 2.24) is 10.6 Å². The zero-order valence-electron chi connectivity index (χ0n) is 12.7. The molecule has 1 aromatic rings. The summed E-state index contributed by atoms with van der Waals surface area (Å²) in [6.07, 6.45) is 3.72. The smallest absolute Gasteiger partial charge is 0.338 e. The van der Waals surface area contributed by atoms with E-state index in [1.54, 1.807) is 36.0 Å². The molecule has 0 unspecified atom stereocenters. The highest BCUT2D eigenvalue weighted by Gasteiger charge is 2.12. The highest BCUT2D eigenvalue weighted by molar-refractivity contribution is 7.98. The number of hydrogen-bond donors (Lipinski definition) is 2. The zero-order valence-corrected chi connectivity index (χ0v) is 13.5. The quantitative estimate of drug-likeness (QED) is 0.456. The van der Waals surface area contributed by atoms with Crippen molar-refractivity contribution in [2.75, 3.05) is 19.4 Å². The van der Waals surface area contributed by atoms with Gasteiger partial charge in [-0.25, -0.2) is 9.59 Å². The molecular formula is C15H20N2O4S. The average Bonchev–Trinajstić information content (AvgIpc) is 2.53. The van der Waals surface area contributed by atoms with Crippen molar-refractivity contribution in [2.24, 2.45) is 0 Å². The molecule has 0 saturated heterocycles. The van der Waals surface area contributed by atoms with Crippen LogP contribution in [0.2, 0.25) is 0 Å². The molecule has 0 heterocycles. The van der Waals surface area contributed by atoms with Crippen LogP contribution < -0.4 is 10.6 Å². The number of ether oxygens (including phenoxy) is 1. The topological polar surface area (TPSA) is 84.5 Å². The van der Waals surface area contributed by atoms with E-state index in [1.165, 1.54) is 0 Å². The number of carbonyl (C=O) groups excluding carboxylic acids is 3. The third kappa shape index (κ3) is 6.62. The molecule has 120 valence electrons. The minimum Gasteiger partial charge on any atom is -0.452 e. The van der Waals surface area contributed by atoms with Crippen LogP contribution in [0.4, 0.5) is 4.79 Å². The monoisotopic (exact) mass is 324 g/mol. The van der Waals surface area contributed by atoms with Gasteiger partial charge in [-0.05, 0) is 36.9 Å². The molecule has 0 spiro atoms. The largest absolute Gasteiger partial charge is 0.452 e. The molecule has 0 aliphatic carbocycles. The van der Waals surface area contributed by atoms with Crippen molar-refractivity contribution in [2.45, 2.75) is 24.7 Å². The van der Waals surface area contributed by atoms with Gasteiger partial charge in [-0.1, -0.05) is 13.3 Å². The fourth-order valence-electron chi connectivity index (χ4n) is 1.53. The van der Waals surface area contributed by atoms with Gasteiger partial charge in [0.25, 0.3) is 5.91 Å². The van der Waals surface area contributed by atoms with E-state index in [2.05, 4.69) is 10.6 Å². The van der Waals surface area contributed by atoms with Crippen molar-refractivity contribution in [1.29, 1.82) is 0 Å². The van der Waals surface area contributed by atoms with Crippen LogP contribution in [0.1, 0.15) is 30.1 Å². The maximum absolute atomic E-state index is 11.7. The lowest BCUT2D eigenvalue weighted by Crippen LogP contribution is -2.41. The molecule has 0 saturated carbocycles. The highest BCUT2D eigenvalue weighted by atomic mass is 32.2. The number of amides is 3. The number of carbonyl (C=O) groups is 3. The second-order valence-corrected chi connectivity index (χ2v) is 5.34. The number of thioether (sulfide) groups is 1. The van der Waals surface area contributed by atoms with Crippen molar-refractivity contribution in [3.63, 3.8) is 0 Å². The molecule has 0 fully saturated rings. The number of unbranched alkanes of at least 4 members (excludes halogenated alkanes) is 1. The van der Waals surface area contributed by atoms with Crippen LogP contribution in [0.25, 0.3) is 0 Å². The van der Waals surface area contributed by atoms with Gasteiger partial charge < -0.3 is 10.1 Å². The molecule has 3 amide bonds. The molecule has 0 aliphatic heterocycles. The van der Waals surface area contributed by atoms with Crippen molar-refractivity contribution >= 4 is 29.7 Å². The summed E-state index contributed by atoms with van der Waals surface area (Å²) in [4.78, 5) is 35.6. The molecule has 0 radical (unpaired) electrons. The Bertz CT molecular complexity index is 517. The van der Waals surface area contributed by atoms with Gasteiger partial charge in [0, 0.05) is 11.4 Å². The standard InChI is InChI=1S/C15H20N2O4S/c1-3-4-9-16-15(20)17-13(18)10-21-14(19)11-5-7-12(22-2)8-6-11/h5-8H,3-4,9-10H2,1-2H3,(H2,16,17,18,20). The Labute approximate surface area is 134 Å². The summed E-state index contributed by atoms with van der Waals surface area (Å²) in [6, 6.07) is 6.26. The fourth-order valence-corrected chi connectivity index (χ4v) is 1.94. The van der Waals surface area contributed by atoms with Gasteiger partial charge in [0.15, 0.2) is 6.61 Å². The molecule has 0 aromatic heterocycles. The van der Waals surface area contributed by atoms with Crippen LogP contribution in [-0.2, 0) is 9.53 Å². The van der Waals surface area contributed by atoms with Crippen LogP contribution >= 0.6 is 11.8 Å². The molecule has 7 heteroatoms. The van der Waals surface area contributed by atoms with Gasteiger partial charge in [-0.2, -0.15) is 0 Å². The Morgan fingerprint density at radius 1 is 1.18 bits per heavy atom. The Morgan fingerprint density at radius 3 is 2.45 bits per heavy atom. The van der Waals surface area contributed by atoms with E-state index in [0.717, 1.165) is 17.7 Å². The van der Waals surface area contributed by atoms with Crippen molar-refractivity contribution < 1.29 is 19.1 Å². The van der Waals surface area contributed by atoms with Crippen LogP contribution in [0.3, 0.4) is 0 Å². The molecule has 0 atom stereocenters. The third-order valence-corrected chi connectivity index (χ3v) is 3.47. The Hall–Kier alpha value is -2.02. The highest BCUT2D eigenvalue weighted by Crippen LogP contribution is 2.15. The van der Waals surface area contributed by atoms with Gasteiger partial charge in [-0.3, -0.25) is 10.1 Å². The minimum absolute atomic E-state index is 0.359. The summed E-state index contributed by atoms with van der Waals surface area (Å²) in [7, 11) is 0. The molecule has 6 nitrogen and oxygen atoms in total. The number of nitrogens with one attached hydrogen (secondary N) is 2. The molecule has 0 aliphatic rings. The van der Waals surface area contributed by atoms with E-state index in [1.807, 2.05) is 13.2 Å². The van der Waals surface area contributed by atoms with Gasteiger partial charge >= 0.3 is 12.0 Å². The fraction of sp³-hybridized carbons (Fsp3) is 0.400. The van der Waals surface area contributed by atoms with E-state index < -0.39 is 24.5 Å². The predicted octanol–water partition coefficient (Wildman–Crippen LogP) is 2.19. The van der Waals surface area contributed by atoms with Gasteiger partial charge in [0.1, 0.15) is 0 Å². The summed E-state index contributed by atoms with van der Waals surface area (Å²) in [5.74, 6) is -1.27. The van der Waals surface area contributed by atoms with Gasteiger partial charge in [0.05, 0.1) is 5.56 Å². The van der Waals surface area contributed by atoms with E-state index >= 15 is 0 Å². The van der Waals surface area contributed by atoms with E-state index in [9.17, 15) is 14.4 Å². The van der Waals surface area contributed by atoms with Gasteiger partial charge in [0.2, 0.25) is 0 Å². The minimum atomic E-state index is -0.664. The first-order valence-corrected chi connectivity index (χ1v) is 8.18. The average molecular weight is 324 g/mol. The Kier molecular flexibility index (Phi) is 8.06. The van der Waals surface area contributed by atoms with Crippen LogP contribution in [0.15, 0.2) is 29.2 Å². The summed E-state index contributed by atoms with van der Waals surface area (Å²) >= 11 is 1.56. The Balaban J connectivity index is 2.33. The van der Waals surface area contributed by atoms with Crippen molar-refractivity contribution in [3.8, 4) is 0 Å². The summed E-state index contributed by atoms with van der Waals surface area (Å²) in [5, 5.41) is 4.63. The van der Waals surface area contributed by atoms with Crippen LogP contribution in [0, 0.1) is 0 Å². The number of imide groups is 1. The molecule has 1 rings (SSSR count). The lowest BCUT2D eigenvalue weighted by atomic mass is 10.2. The normalized spacial score (nSPS) is 9.91. The Morgan fingerprint density at radius 2 is 1.86 bits per heavy atom. The number of benzene rings is 1. The number of rotatable bonds is 7. The van der Waals surface area contributed by atoms with E-state index in [0.29, 0.717) is 12.1 Å². The predicted molar refractivity (Wildman–Crippen MR) is 85.0 cm³/mol. The molecule has 0 bridgehead atoms. The molecule has 1 aromatic carbocycles. The van der Waals surface area contributed by atoms with E-state index in [4.69, 9.17) is 4.74 Å². The lowest BCUT2D eigenvalue weighted by Gasteiger charge is -2.07. The maximum Gasteiger partial charge on any atom is 0.338 e. The van der Waals surface area contributed by atoms with Crippen molar-refractivity contribution in [3.05, 3.63) is 29.8 Å². The second-order valence-electron chi connectivity index (χ2n) is 4.46. The first kappa shape index (κ1) is 18.0. The van der Waals surface area contributed by atoms with Crippen LogP contribution in [-0.4, -0.2) is 37.3 Å². The number of hydrogen-bond acceptors (Lipinski definition) is 5. The first-order chi connectivity index (χ1) is 10.6. The molecular weight excluding hydrogens is 304 g/mol. The SMILES string of the molecule is CCCCNC(=O)NC(=O)COC(=O)c1ccc(SC)cc1. The number of esters is 1. The first-order valence-electron chi connectivity index (χ1n) is 6.95. The third-order valence-electron chi connectivity index (χ3n) is 2.73. The summed E-state index contributed by atoms with van der Waals surface area (Å²) in [5.41, 5.74) is 0.359. The summed E-state index contributed by atoms with van der Waals surface area (Å²) < 4.78 is 4.85. The van der Waals surface area contributed by atoms with Gasteiger partial charge in [-0.15, -0.1) is 11.8 Å². The summed E-state index contributed by atoms with van der Waals surface area (Å²) in [6.45, 7) is 2.00. The zero-order chi connectivity index (χ0) is 16.4. The van der Waals surface area contributed by atoms with E-state index in [-0.39, 0.29) is 0 Å².